The second kappa shape index (κ2) is 9.57. The van der Waals surface area contributed by atoms with Gasteiger partial charge in [0, 0.05) is 50.9 Å². The molecule has 1 aliphatic carbocycles. The molecule has 3 heterocycles. The zero-order valence-corrected chi connectivity index (χ0v) is 21.0. The van der Waals surface area contributed by atoms with E-state index in [4.69, 9.17) is 0 Å². The van der Waals surface area contributed by atoms with Crippen molar-refractivity contribution in [1.82, 2.24) is 15.0 Å². The fourth-order valence-corrected chi connectivity index (χ4v) is 5.39. The predicted molar refractivity (Wildman–Crippen MR) is 146 cm³/mol. The van der Waals surface area contributed by atoms with Crippen LogP contribution in [0.3, 0.4) is 0 Å². The van der Waals surface area contributed by atoms with Gasteiger partial charge < -0.3 is 14.7 Å². The normalized spacial score (nSPS) is 13.6. The SMILES string of the molecule is Cc1c[nH]c2ccc(-c3cnc4[nH]cc(C(=O)c5c(F)ccc(NSC6=CC(F)=CCC6)c5F)c4c3)cc12. The van der Waals surface area contributed by atoms with Gasteiger partial charge in [-0.2, -0.15) is 0 Å². The fraction of sp³-hybridized carbons (Fsp3) is 0.103. The summed E-state index contributed by atoms with van der Waals surface area (Å²) in [5.41, 5.74) is 3.59. The number of pyridine rings is 1. The van der Waals surface area contributed by atoms with Crippen LogP contribution in [-0.4, -0.2) is 20.7 Å². The molecule has 0 unspecified atom stereocenters. The van der Waals surface area contributed by atoms with Gasteiger partial charge in [0.05, 0.1) is 11.3 Å². The van der Waals surface area contributed by atoms with Crippen LogP contribution in [0.4, 0.5) is 18.9 Å². The second-order valence-corrected chi connectivity index (χ2v) is 10.0. The van der Waals surface area contributed by atoms with Gasteiger partial charge in [-0.05, 0) is 85.3 Å². The molecule has 38 heavy (non-hydrogen) atoms. The number of ketones is 1. The third-order valence-electron chi connectivity index (χ3n) is 6.64. The topological polar surface area (TPSA) is 73.6 Å². The van der Waals surface area contributed by atoms with E-state index in [1.54, 1.807) is 12.3 Å². The van der Waals surface area contributed by atoms with Crippen molar-refractivity contribution in [3.8, 4) is 11.1 Å². The molecule has 5 aromatic rings. The summed E-state index contributed by atoms with van der Waals surface area (Å²) in [4.78, 5) is 24.7. The Morgan fingerprint density at radius 1 is 1.03 bits per heavy atom. The van der Waals surface area contributed by atoms with Crippen LogP contribution < -0.4 is 4.72 Å². The van der Waals surface area contributed by atoms with E-state index >= 15 is 4.39 Å². The highest BCUT2D eigenvalue weighted by atomic mass is 32.2. The van der Waals surface area contributed by atoms with Gasteiger partial charge >= 0.3 is 0 Å². The molecular weight excluding hydrogens is 509 g/mol. The standard InChI is InChI=1S/C29H21F3N4OS/c1-15-12-33-24-7-5-16(9-20(15)24)17-10-21-22(14-35-29(21)34-13-17)28(37)26-23(31)6-8-25(27(26)32)36-38-19-4-2-3-18(30)11-19/h3,5-14,33,36H,2,4H2,1H3,(H,34,35). The van der Waals surface area contributed by atoms with Crippen LogP contribution in [0.5, 0.6) is 0 Å². The third-order valence-corrected chi connectivity index (χ3v) is 7.54. The zero-order valence-electron chi connectivity index (χ0n) is 20.2. The number of halogens is 3. The third kappa shape index (κ3) is 4.28. The molecule has 0 bridgehead atoms. The average molecular weight is 531 g/mol. The van der Waals surface area contributed by atoms with Crippen LogP contribution in [-0.2, 0) is 0 Å². The molecule has 0 saturated heterocycles. The van der Waals surface area contributed by atoms with Crippen LogP contribution in [0.2, 0.25) is 0 Å². The summed E-state index contributed by atoms with van der Waals surface area (Å²) >= 11 is 1.03. The van der Waals surface area contributed by atoms with Crippen LogP contribution in [0.15, 0.2) is 77.9 Å². The molecule has 0 fully saturated rings. The molecule has 0 atom stereocenters. The summed E-state index contributed by atoms with van der Waals surface area (Å²) in [5.74, 6) is -3.14. The number of aryl methyl sites for hydroxylation is 1. The summed E-state index contributed by atoms with van der Waals surface area (Å²) in [6.45, 7) is 2.01. The van der Waals surface area contributed by atoms with Crippen LogP contribution in [0, 0.1) is 18.6 Å². The van der Waals surface area contributed by atoms with Gasteiger partial charge in [-0.15, -0.1) is 0 Å². The number of benzene rings is 2. The minimum Gasteiger partial charge on any atom is -0.361 e. The van der Waals surface area contributed by atoms with Crippen molar-refractivity contribution >= 4 is 45.4 Å². The lowest BCUT2D eigenvalue weighted by Crippen LogP contribution is -2.09. The number of rotatable bonds is 6. The first-order valence-electron chi connectivity index (χ1n) is 12.0. The van der Waals surface area contributed by atoms with Crippen molar-refractivity contribution in [1.29, 1.82) is 0 Å². The van der Waals surface area contributed by atoms with Gasteiger partial charge in [0.2, 0.25) is 5.78 Å². The van der Waals surface area contributed by atoms with Gasteiger partial charge in [-0.3, -0.25) is 4.79 Å². The monoisotopic (exact) mass is 530 g/mol. The van der Waals surface area contributed by atoms with Gasteiger partial charge in [0.1, 0.15) is 17.3 Å². The molecule has 0 amide bonds. The number of aromatic amines is 2. The van der Waals surface area contributed by atoms with Crippen molar-refractivity contribution in [3.05, 3.63) is 106 Å². The molecule has 0 radical (unpaired) electrons. The van der Waals surface area contributed by atoms with Crippen molar-refractivity contribution in [2.45, 2.75) is 19.8 Å². The molecule has 6 rings (SSSR count). The van der Waals surface area contributed by atoms with Crippen molar-refractivity contribution in [2.24, 2.45) is 0 Å². The lowest BCUT2D eigenvalue weighted by molar-refractivity contribution is 0.103. The highest BCUT2D eigenvalue weighted by molar-refractivity contribution is 8.04. The Balaban J connectivity index is 1.35. The number of allylic oxidation sites excluding steroid dienone is 4. The quantitative estimate of drug-likeness (QED) is 0.153. The Morgan fingerprint density at radius 2 is 1.87 bits per heavy atom. The Morgan fingerprint density at radius 3 is 2.71 bits per heavy atom. The number of hydrogen-bond acceptors (Lipinski definition) is 4. The summed E-state index contributed by atoms with van der Waals surface area (Å²) in [5, 5.41) is 1.53. The first-order valence-corrected chi connectivity index (χ1v) is 12.8. The van der Waals surface area contributed by atoms with E-state index in [0.29, 0.717) is 28.8 Å². The molecule has 3 aromatic heterocycles. The van der Waals surface area contributed by atoms with Crippen molar-refractivity contribution in [2.75, 3.05) is 4.72 Å². The maximum absolute atomic E-state index is 15.4. The van der Waals surface area contributed by atoms with E-state index in [2.05, 4.69) is 19.7 Å². The average Bonchev–Trinajstić information content (AvgIpc) is 3.51. The fourth-order valence-electron chi connectivity index (χ4n) is 4.60. The van der Waals surface area contributed by atoms with E-state index in [-0.39, 0.29) is 17.1 Å². The number of nitrogens with zero attached hydrogens (tertiary/aromatic N) is 1. The highest BCUT2D eigenvalue weighted by Gasteiger charge is 2.25. The Labute approximate surface area is 220 Å². The van der Waals surface area contributed by atoms with E-state index < -0.39 is 23.0 Å². The molecular formula is C29H21F3N4OS. The Kier molecular flexibility index (Phi) is 6.07. The first-order chi connectivity index (χ1) is 18.4. The number of fused-ring (bicyclic) bond motifs is 2. The molecule has 1 aliphatic rings. The number of carbonyl (C=O) groups excluding carboxylic acids is 1. The minimum absolute atomic E-state index is 0.0653. The van der Waals surface area contributed by atoms with Crippen LogP contribution >= 0.6 is 11.9 Å². The maximum Gasteiger partial charge on any atom is 0.201 e. The number of anilines is 1. The summed E-state index contributed by atoms with van der Waals surface area (Å²) < 4.78 is 46.6. The van der Waals surface area contributed by atoms with E-state index in [1.807, 2.05) is 31.3 Å². The molecule has 190 valence electrons. The molecule has 9 heteroatoms. The van der Waals surface area contributed by atoms with Crippen molar-refractivity contribution in [3.63, 3.8) is 0 Å². The zero-order chi connectivity index (χ0) is 26.4. The van der Waals surface area contributed by atoms with Crippen LogP contribution in [0.1, 0.15) is 34.3 Å². The van der Waals surface area contributed by atoms with E-state index in [1.165, 1.54) is 24.4 Å². The van der Waals surface area contributed by atoms with Crippen molar-refractivity contribution < 1.29 is 18.0 Å². The van der Waals surface area contributed by atoms with Gasteiger partial charge in [0.25, 0.3) is 0 Å². The highest BCUT2D eigenvalue weighted by Crippen LogP contribution is 2.33. The molecule has 2 aromatic carbocycles. The number of H-pyrrole nitrogens is 2. The smallest absolute Gasteiger partial charge is 0.201 e. The molecule has 3 N–H and O–H groups in total. The van der Waals surface area contributed by atoms with Gasteiger partial charge in [0.15, 0.2) is 5.82 Å². The van der Waals surface area contributed by atoms with Gasteiger partial charge in [-0.25, -0.2) is 18.2 Å². The number of carbonyl (C=O) groups is 1. The number of aromatic nitrogens is 3. The first kappa shape index (κ1) is 24.1. The van der Waals surface area contributed by atoms with E-state index in [9.17, 15) is 13.6 Å². The molecule has 0 aliphatic heterocycles. The molecule has 0 spiro atoms. The largest absolute Gasteiger partial charge is 0.361 e. The lowest BCUT2D eigenvalue weighted by atomic mass is 9.99. The Bertz CT molecular complexity index is 1800. The predicted octanol–water partition coefficient (Wildman–Crippen LogP) is 8.12. The van der Waals surface area contributed by atoms with Crippen LogP contribution in [0.25, 0.3) is 33.1 Å². The van der Waals surface area contributed by atoms with Gasteiger partial charge in [-0.1, -0.05) is 6.07 Å². The second-order valence-electron chi connectivity index (χ2n) is 9.11. The summed E-state index contributed by atoms with van der Waals surface area (Å²) in [6.07, 6.45) is 9.01. The number of hydrogen-bond donors (Lipinski definition) is 3. The maximum atomic E-state index is 15.4. The number of nitrogens with one attached hydrogen (secondary N) is 3. The summed E-state index contributed by atoms with van der Waals surface area (Å²) in [6, 6.07) is 10.0. The minimum atomic E-state index is -1.01. The summed E-state index contributed by atoms with van der Waals surface area (Å²) in [7, 11) is 0. The Hall–Kier alpha value is -4.24. The molecule has 5 nitrogen and oxygen atoms in total. The molecule has 0 saturated carbocycles. The van der Waals surface area contributed by atoms with E-state index in [0.717, 1.165) is 45.6 Å². The lowest BCUT2D eigenvalue weighted by Gasteiger charge is -2.13.